The van der Waals surface area contributed by atoms with Gasteiger partial charge in [-0.1, -0.05) is 6.92 Å². The highest BCUT2D eigenvalue weighted by molar-refractivity contribution is 5.70. The smallest absolute Gasteiger partial charge is 0.307 e. The van der Waals surface area contributed by atoms with Crippen molar-refractivity contribution in [3.8, 4) is 0 Å². The summed E-state index contributed by atoms with van der Waals surface area (Å²) in [7, 11) is 1.41. The van der Waals surface area contributed by atoms with Gasteiger partial charge in [-0.25, -0.2) is 0 Å². The SMILES string of the molecule is COC(=O)CCNc1ccc(N2CCC(C)CC2)cc1. The number of anilines is 2. The Bertz CT molecular complexity index is 423. The van der Waals surface area contributed by atoms with Crippen LogP contribution in [0.2, 0.25) is 0 Å². The minimum absolute atomic E-state index is 0.184. The van der Waals surface area contributed by atoms with E-state index in [0.29, 0.717) is 13.0 Å². The van der Waals surface area contributed by atoms with Crippen molar-refractivity contribution in [3.05, 3.63) is 24.3 Å². The fourth-order valence-electron chi connectivity index (χ4n) is 2.47. The van der Waals surface area contributed by atoms with Crippen molar-refractivity contribution in [2.75, 3.05) is 37.0 Å². The number of benzene rings is 1. The first kappa shape index (κ1) is 14.7. The van der Waals surface area contributed by atoms with Crippen molar-refractivity contribution in [2.45, 2.75) is 26.2 Å². The second kappa shape index (κ2) is 7.17. The van der Waals surface area contributed by atoms with Crippen LogP contribution >= 0.6 is 0 Å². The van der Waals surface area contributed by atoms with Gasteiger partial charge < -0.3 is 15.0 Å². The Balaban J connectivity index is 1.82. The third-order valence-electron chi connectivity index (χ3n) is 3.90. The molecule has 4 nitrogen and oxygen atoms in total. The van der Waals surface area contributed by atoms with Gasteiger partial charge in [0.2, 0.25) is 0 Å². The largest absolute Gasteiger partial charge is 0.469 e. The predicted octanol–water partition coefficient (Wildman–Crippen LogP) is 2.90. The van der Waals surface area contributed by atoms with Crippen molar-refractivity contribution in [2.24, 2.45) is 5.92 Å². The van der Waals surface area contributed by atoms with Crippen LogP contribution in [0.3, 0.4) is 0 Å². The molecule has 0 bridgehead atoms. The normalized spacial score (nSPS) is 16.0. The molecule has 1 aliphatic heterocycles. The van der Waals surface area contributed by atoms with Crippen LogP contribution in [-0.4, -0.2) is 32.7 Å². The summed E-state index contributed by atoms with van der Waals surface area (Å²) < 4.78 is 4.61. The number of esters is 1. The number of methoxy groups -OCH3 is 1. The molecule has 4 heteroatoms. The molecule has 0 radical (unpaired) electrons. The minimum atomic E-state index is -0.184. The zero-order valence-corrected chi connectivity index (χ0v) is 12.4. The lowest BCUT2D eigenvalue weighted by Gasteiger charge is -2.32. The second-order valence-corrected chi connectivity index (χ2v) is 5.47. The monoisotopic (exact) mass is 276 g/mol. The van der Waals surface area contributed by atoms with Crippen LogP contribution in [0.4, 0.5) is 11.4 Å². The number of piperidine rings is 1. The van der Waals surface area contributed by atoms with Crippen molar-refractivity contribution in [1.82, 2.24) is 0 Å². The molecule has 110 valence electrons. The highest BCUT2D eigenvalue weighted by Gasteiger charge is 2.15. The van der Waals surface area contributed by atoms with Gasteiger partial charge in [-0.2, -0.15) is 0 Å². The topological polar surface area (TPSA) is 41.6 Å². The maximum absolute atomic E-state index is 11.0. The summed E-state index contributed by atoms with van der Waals surface area (Å²) in [5, 5.41) is 3.23. The standard InChI is InChI=1S/C16H24N2O2/c1-13-8-11-18(12-9-13)15-5-3-14(4-6-15)17-10-7-16(19)20-2/h3-6,13,17H,7-12H2,1-2H3. The number of carbonyl (C=O) groups excluding carboxylic acids is 1. The quantitative estimate of drug-likeness (QED) is 0.840. The molecule has 1 aliphatic rings. The van der Waals surface area contributed by atoms with Gasteiger partial charge in [-0.3, -0.25) is 4.79 Å². The number of hydrogen-bond acceptors (Lipinski definition) is 4. The van der Waals surface area contributed by atoms with E-state index in [-0.39, 0.29) is 5.97 Å². The van der Waals surface area contributed by atoms with Crippen LogP contribution in [0, 0.1) is 5.92 Å². The van der Waals surface area contributed by atoms with Crippen molar-refractivity contribution < 1.29 is 9.53 Å². The first-order valence-corrected chi connectivity index (χ1v) is 7.34. The molecule has 1 heterocycles. The molecule has 2 rings (SSSR count). The molecular weight excluding hydrogens is 252 g/mol. The Labute approximate surface area is 121 Å². The highest BCUT2D eigenvalue weighted by Crippen LogP contribution is 2.24. The van der Waals surface area contributed by atoms with Crippen LogP contribution in [-0.2, 0) is 9.53 Å². The van der Waals surface area contributed by atoms with Crippen LogP contribution in [0.5, 0.6) is 0 Å². The van der Waals surface area contributed by atoms with Gasteiger partial charge in [0, 0.05) is 31.0 Å². The summed E-state index contributed by atoms with van der Waals surface area (Å²) >= 11 is 0. The zero-order chi connectivity index (χ0) is 14.4. The fraction of sp³-hybridized carbons (Fsp3) is 0.562. The maximum Gasteiger partial charge on any atom is 0.307 e. The number of hydrogen-bond donors (Lipinski definition) is 1. The summed E-state index contributed by atoms with van der Waals surface area (Å²) in [4.78, 5) is 13.5. The molecule has 1 aromatic carbocycles. The van der Waals surface area contributed by atoms with Gasteiger partial charge in [0.15, 0.2) is 0 Å². The van der Waals surface area contributed by atoms with Gasteiger partial charge in [0.05, 0.1) is 13.5 Å². The van der Waals surface area contributed by atoms with E-state index < -0.39 is 0 Å². The fourth-order valence-corrected chi connectivity index (χ4v) is 2.47. The maximum atomic E-state index is 11.0. The molecule has 0 unspecified atom stereocenters. The molecule has 0 spiro atoms. The Morgan fingerprint density at radius 1 is 1.30 bits per heavy atom. The lowest BCUT2D eigenvalue weighted by atomic mass is 9.99. The number of carbonyl (C=O) groups is 1. The van der Waals surface area contributed by atoms with Crippen molar-refractivity contribution in [1.29, 1.82) is 0 Å². The molecular formula is C16H24N2O2. The first-order valence-electron chi connectivity index (χ1n) is 7.34. The average Bonchev–Trinajstić information content (AvgIpc) is 2.48. The van der Waals surface area contributed by atoms with E-state index in [0.717, 1.165) is 24.7 Å². The molecule has 1 N–H and O–H groups in total. The molecule has 20 heavy (non-hydrogen) atoms. The lowest BCUT2D eigenvalue weighted by Crippen LogP contribution is -2.32. The van der Waals surface area contributed by atoms with Gasteiger partial charge in [0.25, 0.3) is 0 Å². The van der Waals surface area contributed by atoms with E-state index in [2.05, 4.69) is 46.1 Å². The second-order valence-electron chi connectivity index (χ2n) is 5.47. The van der Waals surface area contributed by atoms with E-state index in [1.165, 1.54) is 25.6 Å². The Kier molecular flexibility index (Phi) is 5.27. The van der Waals surface area contributed by atoms with E-state index in [9.17, 15) is 4.79 Å². The molecule has 0 saturated carbocycles. The molecule has 1 saturated heterocycles. The molecule has 0 aromatic heterocycles. The van der Waals surface area contributed by atoms with Gasteiger partial charge in [-0.05, 0) is 43.0 Å². The van der Waals surface area contributed by atoms with Crippen LogP contribution < -0.4 is 10.2 Å². The van der Waals surface area contributed by atoms with E-state index in [1.54, 1.807) is 0 Å². The molecule has 0 atom stereocenters. The lowest BCUT2D eigenvalue weighted by molar-refractivity contribution is -0.140. The first-order chi connectivity index (χ1) is 9.69. The third kappa shape index (κ3) is 4.15. The Morgan fingerprint density at radius 3 is 2.55 bits per heavy atom. The summed E-state index contributed by atoms with van der Waals surface area (Å²) in [5.41, 5.74) is 2.33. The highest BCUT2D eigenvalue weighted by atomic mass is 16.5. The van der Waals surface area contributed by atoms with E-state index in [4.69, 9.17) is 0 Å². The van der Waals surface area contributed by atoms with Gasteiger partial charge in [-0.15, -0.1) is 0 Å². The number of rotatable bonds is 5. The molecule has 1 fully saturated rings. The van der Waals surface area contributed by atoms with E-state index in [1.807, 2.05) is 0 Å². The van der Waals surface area contributed by atoms with Crippen LogP contribution in [0.1, 0.15) is 26.2 Å². The van der Waals surface area contributed by atoms with Gasteiger partial charge >= 0.3 is 5.97 Å². The zero-order valence-electron chi connectivity index (χ0n) is 12.4. The van der Waals surface area contributed by atoms with Crippen molar-refractivity contribution in [3.63, 3.8) is 0 Å². The number of ether oxygens (including phenoxy) is 1. The average molecular weight is 276 g/mol. The summed E-state index contributed by atoms with van der Waals surface area (Å²) in [6, 6.07) is 8.45. The summed E-state index contributed by atoms with van der Waals surface area (Å²) in [5.74, 6) is 0.669. The molecule has 0 aliphatic carbocycles. The Morgan fingerprint density at radius 2 is 1.95 bits per heavy atom. The molecule has 1 aromatic rings. The van der Waals surface area contributed by atoms with E-state index >= 15 is 0 Å². The number of nitrogens with zero attached hydrogens (tertiary/aromatic N) is 1. The molecule has 0 amide bonds. The van der Waals surface area contributed by atoms with Crippen molar-refractivity contribution >= 4 is 17.3 Å². The summed E-state index contributed by atoms with van der Waals surface area (Å²) in [6.45, 7) is 5.23. The third-order valence-corrected chi connectivity index (χ3v) is 3.90. The minimum Gasteiger partial charge on any atom is -0.469 e. The summed E-state index contributed by atoms with van der Waals surface area (Å²) in [6.07, 6.45) is 2.94. The predicted molar refractivity (Wildman–Crippen MR) is 82.2 cm³/mol. The van der Waals surface area contributed by atoms with Crippen LogP contribution in [0.15, 0.2) is 24.3 Å². The number of nitrogens with one attached hydrogen (secondary N) is 1. The van der Waals surface area contributed by atoms with Gasteiger partial charge in [0.1, 0.15) is 0 Å². The Hall–Kier alpha value is -1.71. The van der Waals surface area contributed by atoms with Crippen LogP contribution in [0.25, 0.3) is 0 Å².